The summed E-state index contributed by atoms with van der Waals surface area (Å²) in [6.45, 7) is 6.94. The second kappa shape index (κ2) is 6.92. The van der Waals surface area contributed by atoms with Gasteiger partial charge in [0, 0.05) is 49.2 Å². The molecule has 6 nitrogen and oxygen atoms in total. The number of amides is 1. The molecule has 0 aliphatic carbocycles. The van der Waals surface area contributed by atoms with Crippen LogP contribution in [0.3, 0.4) is 0 Å². The van der Waals surface area contributed by atoms with Crippen LogP contribution < -0.4 is 4.90 Å². The van der Waals surface area contributed by atoms with Crippen LogP contribution in [-0.4, -0.2) is 47.1 Å². The van der Waals surface area contributed by atoms with Crippen molar-refractivity contribution in [3.8, 4) is 11.4 Å². The predicted octanol–water partition coefficient (Wildman–Crippen LogP) is 3.38. The first-order valence-corrected chi connectivity index (χ1v) is 9.43. The van der Waals surface area contributed by atoms with E-state index in [0.29, 0.717) is 11.7 Å². The highest BCUT2D eigenvalue weighted by Gasteiger charge is 2.23. The van der Waals surface area contributed by atoms with Gasteiger partial charge >= 0.3 is 0 Å². The van der Waals surface area contributed by atoms with Crippen molar-refractivity contribution in [2.75, 3.05) is 31.1 Å². The summed E-state index contributed by atoms with van der Waals surface area (Å²) in [5.74, 6) is 1.31. The Kier molecular flexibility index (Phi) is 4.46. The molecule has 134 valence electrons. The van der Waals surface area contributed by atoms with Crippen LogP contribution >= 0.6 is 11.3 Å². The van der Waals surface area contributed by atoms with E-state index in [2.05, 4.69) is 27.2 Å². The number of hydrogen-bond donors (Lipinski definition) is 0. The minimum absolute atomic E-state index is 0.144. The molecular weight excluding hydrogens is 348 g/mol. The minimum Gasteiger partial charge on any atom is -0.368 e. The number of carbonyl (C=O) groups excluding carboxylic acids is 1. The van der Waals surface area contributed by atoms with E-state index < -0.39 is 0 Å². The molecule has 0 bridgehead atoms. The number of hydrogen-bond acceptors (Lipinski definition) is 6. The highest BCUT2D eigenvalue weighted by molar-refractivity contribution is 7.13. The lowest BCUT2D eigenvalue weighted by atomic mass is 10.1. The van der Waals surface area contributed by atoms with E-state index in [1.165, 1.54) is 4.88 Å². The van der Waals surface area contributed by atoms with Crippen LogP contribution in [0.2, 0.25) is 0 Å². The predicted molar refractivity (Wildman–Crippen MR) is 102 cm³/mol. The van der Waals surface area contributed by atoms with Gasteiger partial charge in [-0.3, -0.25) is 4.79 Å². The average Bonchev–Trinajstić information content (AvgIpc) is 3.30. The van der Waals surface area contributed by atoms with Gasteiger partial charge in [-0.1, -0.05) is 5.16 Å². The summed E-state index contributed by atoms with van der Waals surface area (Å²) in [6.07, 6.45) is 0. The molecule has 26 heavy (non-hydrogen) atoms. The third-order valence-electron chi connectivity index (χ3n) is 4.54. The monoisotopic (exact) mass is 368 g/mol. The normalized spacial score (nSPS) is 14.7. The molecule has 0 unspecified atom stereocenters. The van der Waals surface area contributed by atoms with Crippen LogP contribution in [-0.2, 0) is 0 Å². The summed E-state index contributed by atoms with van der Waals surface area (Å²) in [5.41, 5.74) is 2.08. The van der Waals surface area contributed by atoms with Crippen molar-refractivity contribution in [1.82, 2.24) is 15.0 Å². The Bertz CT molecular complexity index is 908. The smallest absolute Gasteiger partial charge is 0.264 e. The quantitative estimate of drug-likeness (QED) is 0.709. The first kappa shape index (κ1) is 16.8. The summed E-state index contributed by atoms with van der Waals surface area (Å²) in [7, 11) is 0. The van der Waals surface area contributed by atoms with Crippen molar-refractivity contribution in [2.45, 2.75) is 13.8 Å². The molecule has 0 saturated carbocycles. The molecule has 1 aliphatic rings. The van der Waals surface area contributed by atoms with Crippen molar-refractivity contribution in [3.05, 3.63) is 52.0 Å². The first-order chi connectivity index (χ1) is 12.6. The van der Waals surface area contributed by atoms with Crippen molar-refractivity contribution in [2.24, 2.45) is 0 Å². The molecule has 7 heteroatoms. The number of rotatable bonds is 3. The molecule has 1 amide bonds. The molecule has 3 aromatic rings. The molecule has 0 radical (unpaired) electrons. The molecule has 1 aromatic carbocycles. The van der Waals surface area contributed by atoms with E-state index in [1.54, 1.807) is 18.3 Å². The number of benzene rings is 1. The number of anilines is 1. The van der Waals surface area contributed by atoms with E-state index in [4.69, 9.17) is 4.52 Å². The van der Waals surface area contributed by atoms with E-state index in [-0.39, 0.29) is 5.91 Å². The van der Waals surface area contributed by atoms with Crippen molar-refractivity contribution in [3.63, 3.8) is 0 Å². The zero-order valence-corrected chi connectivity index (χ0v) is 15.6. The van der Waals surface area contributed by atoms with Crippen molar-refractivity contribution >= 4 is 22.9 Å². The Hall–Kier alpha value is -2.67. The number of aromatic nitrogens is 2. The number of piperazine rings is 1. The van der Waals surface area contributed by atoms with E-state index >= 15 is 0 Å². The van der Waals surface area contributed by atoms with Crippen molar-refractivity contribution in [1.29, 1.82) is 0 Å². The molecular formula is C19H20N4O2S. The SMILES string of the molecule is Cc1nc(-c2ccc(N3CCN(C(=O)c4ccc(C)s4)CC3)cc2)no1. The second-order valence-electron chi connectivity index (χ2n) is 6.37. The fraction of sp³-hybridized carbons (Fsp3) is 0.316. The van der Waals surface area contributed by atoms with Crippen molar-refractivity contribution < 1.29 is 9.32 Å². The molecule has 0 atom stereocenters. The highest BCUT2D eigenvalue weighted by atomic mass is 32.1. The first-order valence-electron chi connectivity index (χ1n) is 8.61. The minimum atomic E-state index is 0.144. The molecule has 0 N–H and O–H groups in total. The number of carbonyl (C=O) groups is 1. The van der Waals surface area contributed by atoms with Crippen LogP contribution in [0, 0.1) is 13.8 Å². The summed E-state index contributed by atoms with van der Waals surface area (Å²) >= 11 is 1.56. The maximum atomic E-state index is 12.6. The summed E-state index contributed by atoms with van der Waals surface area (Å²) in [4.78, 5) is 23.0. The van der Waals surface area contributed by atoms with Gasteiger partial charge in [0.15, 0.2) is 0 Å². The third kappa shape index (κ3) is 3.35. The molecule has 1 fully saturated rings. The maximum absolute atomic E-state index is 12.6. The van der Waals surface area contributed by atoms with Crippen LogP contribution in [0.4, 0.5) is 5.69 Å². The molecule has 2 aromatic heterocycles. The van der Waals surface area contributed by atoms with Gasteiger partial charge in [-0.15, -0.1) is 11.3 Å². The average molecular weight is 368 g/mol. The second-order valence-corrected chi connectivity index (χ2v) is 7.66. The summed E-state index contributed by atoms with van der Waals surface area (Å²) < 4.78 is 5.03. The van der Waals surface area contributed by atoms with Gasteiger partial charge in [0.25, 0.3) is 5.91 Å². The maximum Gasteiger partial charge on any atom is 0.264 e. The zero-order chi connectivity index (χ0) is 18.1. The Morgan fingerprint density at radius 2 is 1.77 bits per heavy atom. The highest BCUT2D eigenvalue weighted by Crippen LogP contribution is 2.23. The Labute approximate surface area is 156 Å². The lowest BCUT2D eigenvalue weighted by molar-refractivity contribution is 0.0751. The van der Waals surface area contributed by atoms with Gasteiger partial charge < -0.3 is 14.3 Å². The van der Waals surface area contributed by atoms with E-state index in [0.717, 1.165) is 42.3 Å². The van der Waals surface area contributed by atoms with Gasteiger partial charge in [0.05, 0.1) is 4.88 Å². The Morgan fingerprint density at radius 3 is 2.35 bits per heavy atom. The van der Waals surface area contributed by atoms with Gasteiger partial charge in [-0.05, 0) is 43.3 Å². The van der Waals surface area contributed by atoms with Gasteiger partial charge in [-0.2, -0.15) is 4.98 Å². The Balaban J connectivity index is 1.39. The molecule has 0 spiro atoms. The third-order valence-corrected chi connectivity index (χ3v) is 5.52. The molecule has 4 rings (SSSR count). The van der Waals surface area contributed by atoms with E-state index in [9.17, 15) is 4.79 Å². The largest absolute Gasteiger partial charge is 0.368 e. The number of nitrogens with zero attached hydrogens (tertiary/aromatic N) is 4. The van der Waals surface area contributed by atoms with E-state index in [1.807, 2.05) is 36.1 Å². The van der Waals surface area contributed by atoms with Crippen LogP contribution in [0.25, 0.3) is 11.4 Å². The summed E-state index contributed by atoms with van der Waals surface area (Å²) in [5, 5.41) is 3.95. The fourth-order valence-corrected chi connectivity index (χ4v) is 3.95. The molecule has 1 saturated heterocycles. The number of aryl methyl sites for hydroxylation is 2. The van der Waals surface area contributed by atoms with Gasteiger partial charge in [0.2, 0.25) is 11.7 Å². The standard InChI is InChI=1S/C19H20N4O2S/c1-13-3-8-17(26-13)19(24)23-11-9-22(10-12-23)16-6-4-15(5-7-16)18-20-14(2)25-21-18/h3-8H,9-12H2,1-2H3. The molecule has 3 heterocycles. The van der Waals surface area contributed by atoms with Gasteiger partial charge in [-0.25, -0.2) is 0 Å². The number of thiophene rings is 1. The topological polar surface area (TPSA) is 62.5 Å². The fourth-order valence-electron chi connectivity index (χ4n) is 3.11. The van der Waals surface area contributed by atoms with Crippen LogP contribution in [0.15, 0.2) is 40.9 Å². The van der Waals surface area contributed by atoms with Crippen LogP contribution in [0.5, 0.6) is 0 Å². The summed E-state index contributed by atoms with van der Waals surface area (Å²) in [6, 6.07) is 12.1. The van der Waals surface area contributed by atoms with Gasteiger partial charge in [0.1, 0.15) is 0 Å². The molecule has 1 aliphatic heterocycles. The Morgan fingerprint density at radius 1 is 1.04 bits per heavy atom. The lowest BCUT2D eigenvalue weighted by Crippen LogP contribution is -2.48. The van der Waals surface area contributed by atoms with Crippen LogP contribution in [0.1, 0.15) is 20.4 Å². The zero-order valence-electron chi connectivity index (χ0n) is 14.8. The lowest BCUT2D eigenvalue weighted by Gasteiger charge is -2.36.